The van der Waals surface area contributed by atoms with E-state index in [1.165, 1.54) is 5.69 Å². The number of carbonyl (C=O) groups excluding carboxylic acids is 1. The lowest BCUT2D eigenvalue weighted by atomic mass is 9.96. The van der Waals surface area contributed by atoms with Crippen LogP contribution in [0.4, 0.5) is 5.69 Å². The van der Waals surface area contributed by atoms with Crippen LogP contribution in [0.25, 0.3) is 11.5 Å². The van der Waals surface area contributed by atoms with E-state index in [2.05, 4.69) is 32.5 Å². The van der Waals surface area contributed by atoms with Gasteiger partial charge >= 0.3 is 0 Å². The molecule has 0 bridgehead atoms. The van der Waals surface area contributed by atoms with Crippen LogP contribution in [0.3, 0.4) is 0 Å². The molecule has 3 aromatic rings. The number of piperidine rings is 1. The van der Waals surface area contributed by atoms with Crippen LogP contribution < -0.4 is 15.0 Å². The standard InChI is InChI=1S/C25H30N4O3/c1-25(2,3)24-27-23(32-28-24)21-8-6-5-7-20(21)22(30)26-17-13-15-29(16-14-17)18-9-11-19(31-4)12-10-18/h5-12,17H,13-16H2,1-4H3,(H,26,30). The lowest BCUT2D eigenvalue weighted by molar-refractivity contribution is 0.0931. The average Bonchev–Trinajstić information content (AvgIpc) is 3.31. The molecular weight excluding hydrogens is 404 g/mol. The monoisotopic (exact) mass is 434 g/mol. The number of carbonyl (C=O) groups is 1. The summed E-state index contributed by atoms with van der Waals surface area (Å²) < 4.78 is 10.7. The molecule has 32 heavy (non-hydrogen) atoms. The Bertz CT molecular complexity index is 1060. The molecule has 0 saturated carbocycles. The van der Waals surface area contributed by atoms with Crippen molar-refractivity contribution in [3.05, 3.63) is 59.9 Å². The summed E-state index contributed by atoms with van der Waals surface area (Å²) in [5.41, 5.74) is 2.15. The third-order valence-electron chi connectivity index (χ3n) is 5.77. The Morgan fingerprint density at radius 1 is 1.09 bits per heavy atom. The van der Waals surface area contributed by atoms with E-state index in [9.17, 15) is 4.79 Å². The fraction of sp³-hybridized carbons (Fsp3) is 0.400. The van der Waals surface area contributed by atoms with Gasteiger partial charge in [0.15, 0.2) is 5.82 Å². The Hall–Kier alpha value is -3.35. The highest BCUT2D eigenvalue weighted by Crippen LogP contribution is 2.27. The number of hydrogen-bond donors (Lipinski definition) is 1. The first-order valence-corrected chi connectivity index (χ1v) is 11.0. The van der Waals surface area contributed by atoms with Gasteiger partial charge in [-0.1, -0.05) is 38.1 Å². The molecule has 7 nitrogen and oxygen atoms in total. The molecule has 1 saturated heterocycles. The summed E-state index contributed by atoms with van der Waals surface area (Å²) in [7, 11) is 1.67. The molecule has 2 heterocycles. The molecule has 4 rings (SSSR count). The maximum Gasteiger partial charge on any atom is 0.258 e. The SMILES string of the molecule is COc1ccc(N2CCC(NC(=O)c3ccccc3-c3nc(C(C)(C)C)no3)CC2)cc1. The number of benzene rings is 2. The van der Waals surface area contributed by atoms with E-state index in [0.29, 0.717) is 22.8 Å². The molecule has 1 aliphatic heterocycles. The normalized spacial score (nSPS) is 14.9. The minimum absolute atomic E-state index is 0.112. The van der Waals surface area contributed by atoms with E-state index in [-0.39, 0.29) is 17.4 Å². The van der Waals surface area contributed by atoms with Crippen molar-refractivity contribution in [3.8, 4) is 17.2 Å². The molecular formula is C25H30N4O3. The van der Waals surface area contributed by atoms with Crippen molar-refractivity contribution >= 4 is 11.6 Å². The molecule has 7 heteroatoms. The zero-order valence-corrected chi connectivity index (χ0v) is 19.1. The van der Waals surface area contributed by atoms with E-state index in [0.717, 1.165) is 31.7 Å². The Morgan fingerprint density at radius 3 is 2.41 bits per heavy atom. The number of nitrogens with zero attached hydrogens (tertiary/aromatic N) is 3. The number of amides is 1. The predicted molar refractivity (Wildman–Crippen MR) is 124 cm³/mol. The lowest BCUT2D eigenvalue weighted by Crippen LogP contribution is -2.44. The van der Waals surface area contributed by atoms with Crippen LogP contribution in [0.5, 0.6) is 5.75 Å². The summed E-state index contributed by atoms with van der Waals surface area (Å²) in [6.07, 6.45) is 1.77. The summed E-state index contributed by atoms with van der Waals surface area (Å²) in [6.45, 7) is 7.85. The number of aromatic nitrogens is 2. The summed E-state index contributed by atoms with van der Waals surface area (Å²) >= 11 is 0. The third-order valence-corrected chi connectivity index (χ3v) is 5.77. The molecule has 0 aliphatic carbocycles. The smallest absolute Gasteiger partial charge is 0.258 e. The zero-order valence-electron chi connectivity index (χ0n) is 19.1. The van der Waals surface area contributed by atoms with Gasteiger partial charge in [0.25, 0.3) is 11.8 Å². The number of hydrogen-bond acceptors (Lipinski definition) is 6. The van der Waals surface area contributed by atoms with Gasteiger partial charge in [-0.3, -0.25) is 4.79 Å². The molecule has 0 radical (unpaired) electrons. The van der Waals surface area contributed by atoms with Gasteiger partial charge in [-0.25, -0.2) is 0 Å². The highest BCUT2D eigenvalue weighted by molar-refractivity contribution is 6.00. The van der Waals surface area contributed by atoms with Gasteiger partial charge in [-0.2, -0.15) is 4.98 Å². The van der Waals surface area contributed by atoms with Gasteiger partial charge in [0.05, 0.1) is 18.2 Å². The highest BCUT2D eigenvalue weighted by Gasteiger charge is 2.26. The molecule has 1 aliphatic rings. The summed E-state index contributed by atoms with van der Waals surface area (Å²) in [4.78, 5) is 20.0. The molecule has 168 valence electrons. The fourth-order valence-corrected chi connectivity index (χ4v) is 3.84. The number of methoxy groups -OCH3 is 1. The molecule has 1 N–H and O–H groups in total. The molecule has 1 amide bonds. The Labute approximate surface area is 188 Å². The van der Waals surface area contributed by atoms with Gasteiger partial charge in [0.2, 0.25) is 0 Å². The van der Waals surface area contributed by atoms with Crippen molar-refractivity contribution in [2.24, 2.45) is 0 Å². The van der Waals surface area contributed by atoms with Crippen LogP contribution in [0.1, 0.15) is 49.8 Å². The largest absolute Gasteiger partial charge is 0.497 e. The first-order chi connectivity index (χ1) is 15.3. The van der Waals surface area contributed by atoms with Crippen molar-refractivity contribution in [2.75, 3.05) is 25.1 Å². The van der Waals surface area contributed by atoms with E-state index < -0.39 is 0 Å². The minimum Gasteiger partial charge on any atom is -0.497 e. The molecule has 0 unspecified atom stereocenters. The maximum atomic E-state index is 13.1. The first kappa shape index (κ1) is 21.9. The molecule has 1 fully saturated rings. The second-order valence-electron chi connectivity index (χ2n) is 9.15. The fourth-order valence-electron chi connectivity index (χ4n) is 3.84. The van der Waals surface area contributed by atoms with Crippen LogP contribution in [0.2, 0.25) is 0 Å². The Kier molecular flexibility index (Phi) is 6.17. The summed E-state index contributed by atoms with van der Waals surface area (Å²) in [5, 5.41) is 7.29. The lowest BCUT2D eigenvalue weighted by Gasteiger charge is -2.34. The zero-order chi connectivity index (χ0) is 22.7. The first-order valence-electron chi connectivity index (χ1n) is 11.0. The van der Waals surface area contributed by atoms with Crippen molar-refractivity contribution in [2.45, 2.75) is 45.1 Å². The van der Waals surface area contributed by atoms with E-state index >= 15 is 0 Å². The highest BCUT2D eigenvalue weighted by atomic mass is 16.5. The second-order valence-corrected chi connectivity index (χ2v) is 9.15. The molecule has 0 atom stereocenters. The molecule has 2 aromatic carbocycles. The number of rotatable bonds is 5. The topological polar surface area (TPSA) is 80.5 Å². The summed E-state index contributed by atoms with van der Waals surface area (Å²) in [5.74, 6) is 1.73. The van der Waals surface area contributed by atoms with Crippen LogP contribution in [-0.4, -0.2) is 42.3 Å². The number of ether oxygens (including phenoxy) is 1. The third kappa shape index (κ3) is 4.77. The summed E-state index contributed by atoms with van der Waals surface area (Å²) in [6, 6.07) is 15.6. The van der Waals surface area contributed by atoms with Crippen LogP contribution in [0.15, 0.2) is 53.1 Å². The Morgan fingerprint density at radius 2 is 1.78 bits per heavy atom. The maximum absolute atomic E-state index is 13.1. The van der Waals surface area contributed by atoms with Gasteiger partial charge < -0.3 is 19.5 Å². The van der Waals surface area contributed by atoms with Gasteiger partial charge in [0, 0.05) is 30.2 Å². The minimum atomic E-state index is -0.225. The number of nitrogens with one attached hydrogen (secondary N) is 1. The average molecular weight is 435 g/mol. The van der Waals surface area contributed by atoms with E-state index in [1.807, 2.05) is 51.1 Å². The van der Waals surface area contributed by atoms with Gasteiger partial charge in [0.1, 0.15) is 5.75 Å². The molecule has 1 aromatic heterocycles. The van der Waals surface area contributed by atoms with Crippen LogP contribution in [-0.2, 0) is 5.41 Å². The van der Waals surface area contributed by atoms with Crippen molar-refractivity contribution in [1.82, 2.24) is 15.5 Å². The molecule has 0 spiro atoms. The number of anilines is 1. The quantitative estimate of drug-likeness (QED) is 0.639. The van der Waals surface area contributed by atoms with Crippen LogP contribution >= 0.6 is 0 Å². The van der Waals surface area contributed by atoms with Crippen LogP contribution in [0, 0.1) is 0 Å². The van der Waals surface area contributed by atoms with E-state index in [1.54, 1.807) is 13.2 Å². The van der Waals surface area contributed by atoms with Crippen molar-refractivity contribution < 1.29 is 14.1 Å². The van der Waals surface area contributed by atoms with Crippen molar-refractivity contribution in [3.63, 3.8) is 0 Å². The second kappa shape index (κ2) is 9.02. The van der Waals surface area contributed by atoms with Gasteiger partial charge in [-0.15, -0.1) is 0 Å². The van der Waals surface area contributed by atoms with Crippen molar-refractivity contribution in [1.29, 1.82) is 0 Å². The van der Waals surface area contributed by atoms with E-state index in [4.69, 9.17) is 9.26 Å². The Balaban J connectivity index is 1.41. The van der Waals surface area contributed by atoms with Gasteiger partial charge in [-0.05, 0) is 49.2 Å². The predicted octanol–water partition coefficient (Wildman–Crippen LogP) is 4.44.